The molecule has 0 aliphatic carbocycles. The van der Waals surface area contributed by atoms with Crippen LogP contribution in [0.3, 0.4) is 0 Å². The summed E-state index contributed by atoms with van der Waals surface area (Å²) < 4.78 is 11.0. The largest absolute Gasteiger partial charge is 0.488 e. The van der Waals surface area contributed by atoms with Crippen molar-refractivity contribution in [2.24, 2.45) is 4.99 Å². The summed E-state index contributed by atoms with van der Waals surface area (Å²) in [4.78, 5) is 27.6. The number of esters is 1. The summed E-state index contributed by atoms with van der Waals surface area (Å²) in [7, 11) is 0. The molecule has 6 nitrogen and oxygen atoms in total. The van der Waals surface area contributed by atoms with Gasteiger partial charge in [0.25, 0.3) is 0 Å². The molecule has 2 aromatic carbocycles. The number of ether oxygens (including phenoxy) is 2. The van der Waals surface area contributed by atoms with Crippen LogP contribution in [0.5, 0.6) is 5.75 Å². The highest BCUT2D eigenvalue weighted by Crippen LogP contribution is 2.30. The number of cyclic esters (lactones) is 1. The van der Waals surface area contributed by atoms with Crippen LogP contribution in [-0.4, -0.2) is 24.4 Å². The van der Waals surface area contributed by atoms with Gasteiger partial charge in [-0.3, -0.25) is 4.79 Å². The first-order valence-corrected chi connectivity index (χ1v) is 8.89. The Labute approximate surface area is 166 Å². The molecule has 140 valence electrons. The maximum atomic E-state index is 12.2. The van der Waals surface area contributed by atoms with E-state index in [1.807, 2.05) is 12.1 Å². The lowest BCUT2D eigenvalue weighted by Gasteiger charge is -2.16. The number of fused-ring (bicyclic) bond motifs is 1. The Hall–Kier alpha value is -3.38. The molecular weight excluding hydrogens is 380 g/mol. The van der Waals surface area contributed by atoms with E-state index in [1.165, 1.54) is 6.92 Å². The molecule has 2 aliphatic heterocycles. The minimum atomic E-state index is -0.529. The van der Waals surface area contributed by atoms with Crippen LogP contribution in [0.1, 0.15) is 18.1 Å². The number of nitrogens with one attached hydrogen (secondary N) is 1. The predicted octanol–water partition coefficient (Wildman–Crippen LogP) is 3.96. The van der Waals surface area contributed by atoms with Crippen LogP contribution in [0.2, 0.25) is 5.02 Å². The normalized spacial score (nSPS) is 16.6. The average molecular weight is 395 g/mol. The van der Waals surface area contributed by atoms with E-state index in [1.54, 1.807) is 42.5 Å². The zero-order valence-corrected chi connectivity index (χ0v) is 15.6. The molecule has 2 aliphatic rings. The average Bonchev–Trinajstić information content (AvgIpc) is 3.02. The molecule has 28 heavy (non-hydrogen) atoms. The summed E-state index contributed by atoms with van der Waals surface area (Å²) in [5.74, 6) is 0.266. The van der Waals surface area contributed by atoms with Crippen molar-refractivity contribution >= 4 is 41.1 Å². The minimum absolute atomic E-state index is 0.159. The van der Waals surface area contributed by atoms with Gasteiger partial charge in [0.15, 0.2) is 5.70 Å². The maximum Gasteiger partial charge on any atom is 0.363 e. The van der Waals surface area contributed by atoms with Gasteiger partial charge in [-0.25, -0.2) is 9.79 Å². The first-order chi connectivity index (χ1) is 13.5. The van der Waals surface area contributed by atoms with Crippen LogP contribution < -0.4 is 10.1 Å². The summed E-state index contributed by atoms with van der Waals surface area (Å²) in [6.07, 6.45) is 3.55. The number of halogens is 1. The van der Waals surface area contributed by atoms with E-state index in [0.717, 1.165) is 16.9 Å². The molecule has 0 fully saturated rings. The van der Waals surface area contributed by atoms with E-state index in [0.29, 0.717) is 22.9 Å². The molecule has 0 aromatic heterocycles. The number of hydrogen-bond acceptors (Lipinski definition) is 5. The predicted molar refractivity (Wildman–Crippen MR) is 106 cm³/mol. The van der Waals surface area contributed by atoms with Crippen LogP contribution in [0, 0.1) is 0 Å². The van der Waals surface area contributed by atoms with Crippen molar-refractivity contribution in [1.29, 1.82) is 0 Å². The number of carbonyl (C=O) groups excluding carboxylic acids is 2. The summed E-state index contributed by atoms with van der Waals surface area (Å²) in [5.41, 5.74) is 3.11. The molecule has 0 spiro atoms. The molecule has 0 bridgehead atoms. The lowest BCUT2D eigenvalue weighted by molar-refractivity contribution is -0.130. The Morgan fingerprint density at radius 3 is 2.75 bits per heavy atom. The van der Waals surface area contributed by atoms with Crippen molar-refractivity contribution < 1.29 is 19.1 Å². The van der Waals surface area contributed by atoms with E-state index >= 15 is 0 Å². The number of hydrogen-bond donors (Lipinski definition) is 1. The third-order valence-electron chi connectivity index (χ3n) is 4.10. The van der Waals surface area contributed by atoms with Crippen molar-refractivity contribution in [3.05, 3.63) is 76.0 Å². The van der Waals surface area contributed by atoms with E-state index in [-0.39, 0.29) is 17.5 Å². The zero-order valence-electron chi connectivity index (χ0n) is 14.9. The lowest BCUT2D eigenvalue weighted by atomic mass is 10.1. The number of aliphatic imine (C=N–C) groups is 1. The molecule has 4 rings (SSSR count). The second-order valence-corrected chi connectivity index (χ2v) is 6.72. The van der Waals surface area contributed by atoms with Crippen molar-refractivity contribution in [3.8, 4) is 5.75 Å². The highest BCUT2D eigenvalue weighted by Gasteiger charge is 2.25. The van der Waals surface area contributed by atoms with Crippen LogP contribution in [-0.2, 0) is 14.3 Å². The minimum Gasteiger partial charge on any atom is -0.488 e. The van der Waals surface area contributed by atoms with Crippen LogP contribution in [0.15, 0.2) is 64.8 Å². The summed E-state index contributed by atoms with van der Waals surface area (Å²) in [6.45, 7) is 1.76. The molecule has 0 atom stereocenters. The summed E-state index contributed by atoms with van der Waals surface area (Å²) in [6, 6.07) is 12.2. The second-order valence-electron chi connectivity index (χ2n) is 6.28. The molecular formula is C21H15ClN2O4. The Morgan fingerprint density at radius 2 is 2.00 bits per heavy atom. The van der Waals surface area contributed by atoms with Crippen LogP contribution in [0.25, 0.3) is 6.08 Å². The lowest BCUT2D eigenvalue weighted by Crippen LogP contribution is -2.08. The van der Waals surface area contributed by atoms with Crippen molar-refractivity contribution in [3.63, 3.8) is 0 Å². The Morgan fingerprint density at radius 1 is 1.21 bits per heavy atom. The number of anilines is 1. The zero-order chi connectivity index (χ0) is 19.7. The molecule has 2 heterocycles. The van der Waals surface area contributed by atoms with Gasteiger partial charge in [0.05, 0.1) is 0 Å². The molecule has 0 radical (unpaired) electrons. The van der Waals surface area contributed by atoms with E-state index < -0.39 is 5.97 Å². The molecule has 7 heteroatoms. The SMILES string of the molecule is CC(=O)Nc1ccc(C2=N/C(=C/C3=Cc4cc(Cl)ccc4OC3)C(=O)O2)cc1. The third-order valence-corrected chi connectivity index (χ3v) is 4.34. The second kappa shape index (κ2) is 7.32. The van der Waals surface area contributed by atoms with E-state index in [2.05, 4.69) is 10.3 Å². The fourth-order valence-corrected chi connectivity index (χ4v) is 3.04. The van der Waals surface area contributed by atoms with Gasteiger partial charge < -0.3 is 14.8 Å². The fourth-order valence-electron chi connectivity index (χ4n) is 2.86. The molecule has 1 amide bonds. The number of nitrogens with zero attached hydrogens (tertiary/aromatic N) is 1. The van der Waals surface area contributed by atoms with Gasteiger partial charge in [-0.05, 0) is 60.2 Å². The van der Waals surface area contributed by atoms with Gasteiger partial charge in [-0.1, -0.05) is 11.6 Å². The highest BCUT2D eigenvalue weighted by molar-refractivity contribution is 6.30. The topological polar surface area (TPSA) is 77.0 Å². The van der Waals surface area contributed by atoms with Crippen LogP contribution >= 0.6 is 11.6 Å². The Balaban J connectivity index is 1.58. The van der Waals surface area contributed by atoms with Gasteiger partial charge >= 0.3 is 5.97 Å². The third kappa shape index (κ3) is 3.82. The fraction of sp³-hybridized carbons (Fsp3) is 0.0952. The van der Waals surface area contributed by atoms with Crippen LogP contribution in [0.4, 0.5) is 5.69 Å². The quantitative estimate of drug-likeness (QED) is 0.631. The maximum absolute atomic E-state index is 12.2. The monoisotopic (exact) mass is 394 g/mol. The molecule has 1 N–H and O–H groups in total. The molecule has 0 saturated heterocycles. The smallest absolute Gasteiger partial charge is 0.363 e. The van der Waals surface area contributed by atoms with Crippen molar-refractivity contribution in [2.75, 3.05) is 11.9 Å². The van der Waals surface area contributed by atoms with Gasteiger partial charge in [-0.2, -0.15) is 0 Å². The molecule has 2 aromatic rings. The Bertz CT molecular complexity index is 1070. The van der Waals surface area contributed by atoms with E-state index in [9.17, 15) is 9.59 Å². The molecule has 0 unspecified atom stereocenters. The number of amides is 1. The van der Waals surface area contributed by atoms with Crippen molar-refractivity contribution in [2.45, 2.75) is 6.92 Å². The van der Waals surface area contributed by atoms with Crippen molar-refractivity contribution in [1.82, 2.24) is 0 Å². The summed E-state index contributed by atoms with van der Waals surface area (Å²) in [5, 5.41) is 3.28. The Kier molecular flexibility index (Phi) is 4.71. The summed E-state index contributed by atoms with van der Waals surface area (Å²) >= 11 is 6.02. The highest BCUT2D eigenvalue weighted by atomic mass is 35.5. The first-order valence-electron chi connectivity index (χ1n) is 8.51. The van der Waals surface area contributed by atoms with Gasteiger partial charge in [-0.15, -0.1) is 0 Å². The number of carbonyl (C=O) groups is 2. The number of rotatable bonds is 3. The van der Waals surface area contributed by atoms with E-state index in [4.69, 9.17) is 21.1 Å². The standard InChI is InChI=1S/C21H15ClN2O4/c1-12(25)23-17-5-2-14(3-6-17)20-24-18(21(26)28-20)9-13-8-15-10-16(22)4-7-19(15)27-11-13/h2-10H,11H2,1H3,(H,23,25)/b18-9+. The van der Waals surface area contributed by atoms with Gasteiger partial charge in [0.2, 0.25) is 11.8 Å². The molecule has 0 saturated carbocycles. The first kappa shape index (κ1) is 18.0. The van der Waals surface area contributed by atoms with Gasteiger partial charge in [0, 0.05) is 28.8 Å². The number of benzene rings is 2. The van der Waals surface area contributed by atoms with Gasteiger partial charge in [0.1, 0.15) is 12.4 Å².